The molecule has 0 aliphatic carbocycles. The summed E-state index contributed by atoms with van der Waals surface area (Å²) in [7, 11) is 3.09. The molecule has 1 amide bonds. The molecule has 1 aliphatic rings. The molecule has 20 heavy (non-hydrogen) atoms. The summed E-state index contributed by atoms with van der Waals surface area (Å²) < 4.78 is 10.3. The molecule has 0 radical (unpaired) electrons. The minimum absolute atomic E-state index is 0.0910. The number of aliphatic hydroxyl groups is 1. The van der Waals surface area contributed by atoms with Crippen molar-refractivity contribution >= 4 is 5.91 Å². The Morgan fingerprint density at radius 1 is 1.30 bits per heavy atom. The van der Waals surface area contributed by atoms with E-state index in [2.05, 4.69) is 0 Å². The quantitative estimate of drug-likeness (QED) is 0.891. The first-order valence-corrected chi connectivity index (χ1v) is 6.76. The van der Waals surface area contributed by atoms with Crippen LogP contribution in [0.1, 0.15) is 30.1 Å². The number of carbonyl (C=O) groups is 1. The van der Waals surface area contributed by atoms with E-state index in [-0.39, 0.29) is 5.91 Å². The summed E-state index contributed by atoms with van der Waals surface area (Å²) in [6, 6.07) is 5.09. The number of amides is 1. The van der Waals surface area contributed by atoms with E-state index in [1.807, 2.05) is 6.92 Å². The standard InChI is InChI=1S/C15H21NO4/c1-4-7-15(18)9-16(10-15)14(17)11-5-6-12(19-2)13(8-11)20-3/h5-6,8,18H,4,7,9-10H2,1-3H3. The van der Waals surface area contributed by atoms with Crippen LogP contribution in [0.3, 0.4) is 0 Å². The molecule has 1 aliphatic heterocycles. The Hall–Kier alpha value is -1.75. The summed E-state index contributed by atoms with van der Waals surface area (Å²) in [6.07, 6.45) is 1.64. The number of likely N-dealkylation sites (tertiary alicyclic amines) is 1. The van der Waals surface area contributed by atoms with E-state index in [1.165, 1.54) is 7.11 Å². The second-order valence-electron chi connectivity index (χ2n) is 5.21. The molecule has 1 heterocycles. The maximum atomic E-state index is 12.3. The molecule has 0 aromatic heterocycles. The van der Waals surface area contributed by atoms with Crippen molar-refractivity contribution in [3.05, 3.63) is 23.8 Å². The van der Waals surface area contributed by atoms with Crippen LogP contribution in [0.4, 0.5) is 0 Å². The Kier molecular flexibility index (Phi) is 4.18. The Morgan fingerprint density at radius 2 is 1.95 bits per heavy atom. The smallest absolute Gasteiger partial charge is 0.254 e. The van der Waals surface area contributed by atoms with E-state index in [0.717, 1.165) is 12.8 Å². The summed E-state index contributed by atoms with van der Waals surface area (Å²) in [5, 5.41) is 10.1. The average Bonchev–Trinajstić information content (AvgIpc) is 2.43. The van der Waals surface area contributed by atoms with Gasteiger partial charge in [-0.25, -0.2) is 0 Å². The van der Waals surface area contributed by atoms with Gasteiger partial charge >= 0.3 is 0 Å². The maximum Gasteiger partial charge on any atom is 0.254 e. The highest BCUT2D eigenvalue weighted by Gasteiger charge is 2.42. The highest BCUT2D eigenvalue weighted by Crippen LogP contribution is 2.31. The largest absolute Gasteiger partial charge is 0.493 e. The predicted molar refractivity (Wildman–Crippen MR) is 75.3 cm³/mol. The molecule has 1 aromatic carbocycles. The van der Waals surface area contributed by atoms with Crippen LogP contribution in [-0.4, -0.2) is 48.8 Å². The first-order chi connectivity index (χ1) is 9.53. The molecule has 1 aromatic rings. The summed E-state index contributed by atoms with van der Waals surface area (Å²) in [6.45, 7) is 2.82. The lowest BCUT2D eigenvalue weighted by atomic mass is 9.89. The zero-order valence-electron chi connectivity index (χ0n) is 12.2. The highest BCUT2D eigenvalue weighted by atomic mass is 16.5. The SMILES string of the molecule is CCCC1(O)CN(C(=O)c2ccc(OC)c(OC)c2)C1. The minimum atomic E-state index is -0.707. The molecule has 0 unspecified atom stereocenters. The van der Waals surface area contributed by atoms with E-state index in [9.17, 15) is 9.90 Å². The molecular weight excluding hydrogens is 258 g/mol. The zero-order chi connectivity index (χ0) is 14.8. The fourth-order valence-corrected chi connectivity index (χ4v) is 2.58. The van der Waals surface area contributed by atoms with Crippen LogP contribution < -0.4 is 9.47 Å². The Balaban J connectivity index is 2.08. The van der Waals surface area contributed by atoms with Crippen molar-refractivity contribution in [3.8, 4) is 11.5 Å². The van der Waals surface area contributed by atoms with Gasteiger partial charge in [0.2, 0.25) is 0 Å². The fraction of sp³-hybridized carbons (Fsp3) is 0.533. The molecule has 110 valence electrons. The highest BCUT2D eigenvalue weighted by molar-refractivity contribution is 5.95. The average molecular weight is 279 g/mol. The number of carbonyl (C=O) groups excluding carboxylic acids is 1. The first-order valence-electron chi connectivity index (χ1n) is 6.76. The van der Waals surface area contributed by atoms with Crippen molar-refractivity contribution in [1.29, 1.82) is 0 Å². The molecule has 5 heteroatoms. The lowest BCUT2D eigenvalue weighted by Gasteiger charge is -2.46. The summed E-state index contributed by atoms with van der Waals surface area (Å²) in [5.74, 6) is 1.03. The van der Waals surface area contributed by atoms with Crippen LogP contribution in [0.25, 0.3) is 0 Å². The van der Waals surface area contributed by atoms with Crippen LogP contribution in [0, 0.1) is 0 Å². The van der Waals surface area contributed by atoms with Gasteiger partial charge in [-0.3, -0.25) is 4.79 Å². The van der Waals surface area contributed by atoms with Gasteiger partial charge in [-0.15, -0.1) is 0 Å². The third-order valence-corrected chi connectivity index (χ3v) is 3.60. The lowest BCUT2D eigenvalue weighted by Crippen LogP contribution is -2.63. The van der Waals surface area contributed by atoms with Crippen LogP contribution in [0.15, 0.2) is 18.2 Å². The van der Waals surface area contributed by atoms with Gasteiger partial charge in [0, 0.05) is 5.56 Å². The Bertz CT molecular complexity index is 495. The van der Waals surface area contributed by atoms with Crippen LogP contribution in [0.5, 0.6) is 11.5 Å². The summed E-state index contributed by atoms with van der Waals surface area (Å²) >= 11 is 0. The number of hydrogen-bond acceptors (Lipinski definition) is 4. The first kappa shape index (κ1) is 14.7. The molecule has 1 N–H and O–H groups in total. The van der Waals surface area contributed by atoms with Crippen molar-refractivity contribution in [2.24, 2.45) is 0 Å². The molecule has 1 fully saturated rings. The molecule has 2 rings (SSSR count). The summed E-state index contributed by atoms with van der Waals surface area (Å²) in [4.78, 5) is 14.0. The summed E-state index contributed by atoms with van der Waals surface area (Å²) in [5.41, 5.74) is -0.165. The van der Waals surface area contributed by atoms with E-state index in [1.54, 1.807) is 30.2 Å². The van der Waals surface area contributed by atoms with E-state index in [4.69, 9.17) is 9.47 Å². The molecule has 1 saturated heterocycles. The van der Waals surface area contributed by atoms with Gasteiger partial charge in [0.1, 0.15) is 0 Å². The number of ether oxygens (including phenoxy) is 2. The normalized spacial score (nSPS) is 16.5. The van der Waals surface area contributed by atoms with Crippen molar-refractivity contribution in [2.45, 2.75) is 25.4 Å². The van der Waals surface area contributed by atoms with Gasteiger partial charge in [-0.2, -0.15) is 0 Å². The molecule has 0 spiro atoms. The molecule has 5 nitrogen and oxygen atoms in total. The van der Waals surface area contributed by atoms with Gasteiger partial charge in [-0.1, -0.05) is 13.3 Å². The number of nitrogens with zero attached hydrogens (tertiary/aromatic N) is 1. The third-order valence-electron chi connectivity index (χ3n) is 3.60. The predicted octanol–water partition coefficient (Wildman–Crippen LogP) is 1.69. The molecule has 0 saturated carbocycles. The zero-order valence-corrected chi connectivity index (χ0v) is 12.2. The monoisotopic (exact) mass is 279 g/mol. The second kappa shape index (κ2) is 5.71. The Morgan fingerprint density at radius 3 is 2.50 bits per heavy atom. The Labute approximate surface area is 119 Å². The number of methoxy groups -OCH3 is 2. The molecule has 0 atom stereocenters. The van der Waals surface area contributed by atoms with Crippen molar-refractivity contribution in [1.82, 2.24) is 4.90 Å². The second-order valence-corrected chi connectivity index (χ2v) is 5.21. The number of rotatable bonds is 5. The van der Waals surface area contributed by atoms with Gasteiger partial charge in [0.25, 0.3) is 5.91 Å². The maximum absolute atomic E-state index is 12.3. The van der Waals surface area contributed by atoms with Crippen molar-refractivity contribution in [2.75, 3.05) is 27.3 Å². The van der Waals surface area contributed by atoms with Crippen LogP contribution in [0.2, 0.25) is 0 Å². The number of benzene rings is 1. The molecule has 0 bridgehead atoms. The molecular formula is C15H21NO4. The topological polar surface area (TPSA) is 59.0 Å². The lowest BCUT2D eigenvalue weighted by molar-refractivity contribution is -0.0860. The van der Waals surface area contributed by atoms with Gasteiger partial charge < -0.3 is 19.5 Å². The van der Waals surface area contributed by atoms with Gasteiger partial charge in [-0.05, 0) is 24.6 Å². The third kappa shape index (κ3) is 2.72. The number of hydrogen-bond donors (Lipinski definition) is 1. The van der Waals surface area contributed by atoms with Crippen LogP contribution in [-0.2, 0) is 0 Å². The van der Waals surface area contributed by atoms with Crippen LogP contribution >= 0.6 is 0 Å². The van der Waals surface area contributed by atoms with E-state index < -0.39 is 5.60 Å². The van der Waals surface area contributed by atoms with E-state index in [0.29, 0.717) is 30.2 Å². The number of β-amino-alcohol motifs (C(OH)–C–C–N with tert-alkyl or cyclic N) is 1. The van der Waals surface area contributed by atoms with Gasteiger partial charge in [0.15, 0.2) is 11.5 Å². The van der Waals surface area contributed by atoms with Crippen molar-refractivity contribution in [3.63, 3.8) is 0 Å². The van der Waals surface area contributed by atoms with Gasteiger partial charge in [0.05, 0.1) is 32.9 Å². The van der Waals surface area contributed by atoms with Crippen molar-refractivity contribution < 1.29 is 19.4 Å². The van der Waals surface area contributed by atoms with E-state index >= 15 is 0 Å². The minimum Gasteiger partial charge on any atom is -0.493 e. The fourth-order valence-electron chi connectivity index (χ4n) is 2.58.